The molecule has 0 aliphatic heterocycles. The van der Waals surface area contributed by atoms with Gasteiger partial charge < -0.3 is 21.7 Å². The summed E-state index contributed by atoms with van der Waals surface area (Å²) >= 11 is 0. The lowest BCUT2D eigenvalue weighted by atomic mass is 9.89. The number of carboxylic acids is 1. The molecular formula is C19H17F6N7O4. The summed E-state index contributed by atoms with van der Waals surface area (Å²) in [5.41, 5.74) is 7.71. The first kappa shape index (κ1) is 28.0. The number of carbonyl (C=O) groups is 2. The molecule has 17 heteroatoms. The molecule has 0 fully saturated rings. The number of aliphatic carboxylic acids is 1. The molecule has 6 N–H and O–H groups in total. The fourth-order valence-corrected chi connectivity index (χ4v) is 2.79. The summed E-state index contributed by atoms with van der Waals surface area (Å²) in [6.07, 6.45) is -7.72. The molecule has 0 aliphatic carbocycles. The van der Waals surface area contributed by atoms with Gasteiger partial charge in [0.1, 0.15) is 11.4 Å². The lowest BCUT2D eigenvalue weighted by molar-refractivity contribution is -0.255. The van der Waals surface area contributed by atoms with Crippen molar-refractivity contribution in [2.45, 2.75) is 24.9 Å². The normalized spacial score (nSPS) is 13.4. The second-order valence-corrected chi connectivity index (χ2v) is 7.14. The number of halogens is 6. The average molecular weight is 521 g/mol. The molecule has 3 rings (SSSR count). The van der Waals surface area contributed by atoms with Gasteiger partial charge in [-0.15, -0.1) is 5.10 Å². The van der Waals surface area contributed by atoms with Crippen molar-refractivity contribution in [2.24, 2.45) is 12.8 Å². The lowest BCUT2D eigenvalue weighted by Gasteiger charge is -2.28. The number of hydrogen-bond acceptors (Lipinski definition) is 8. The van der Waals surface area contributed by atoms with Gasteiger partial charge >= 0.3 is 18.3 Å². The number of aryl methyl sites for hydroxylation is 2. The van der Waals surface area contributed by atoms with Crippen LogP contribution in [0.15, 0.2) is 30.6 Å². The predicted octanol–water partition coefficient (Wildman–Crippen LogP) is 1.70. The molecular weight excluding hydrogens is 504 g/mol. The maximum absolute atomic E-state index is 13.4. The largest absolute Gasteiger partial charge is 0.490 e. The van der Waals surface area contributed by atoms with Gasteiger partial charge in [0.15, 0.2) is 5.82 Å². The van der Waals surface area contributed by atoms with Crippen molar-refractivity contribution in [2.75, 3.05) is 5.73 Å². The van der Waals surface area contributed by atoms with E-state index in [4.69, 9.17) is 21.4 Å². The van der Waals surface area contributed by atoms with Crippen LogP contribution in [0.1, 0.15) is 11.1 Å². The van der Waals surface area contributed by atoms with E-state index in [9.17, 15) is 36.2 Å². The second kappa shape index (κ2) is 9.76. The number of anilines is 1. The zero-order valence-electron chi connectivity index (χ0n) is 18.3. The van der Waals surface area contributed by atoms with Crippen LogP contribution in [0, 0.1) is 6.92 Å². The number of primary amides is 1. The van der Waals surface area contributed by atoms with Gasteiger partial charge in [-0.3, -0.25) is 4.79 Å². The van der Waals surface area contributed by atoms with E-state index in [1.54, 1.807) is 14.0 Å². The monoisotopic (exact) mass is 521 g/mol. The van der Waals surface area contributed by atoms with Gasteiger partial charge in [0, 0.05) is 18.2 Å². The smallest absolute Gasteiger partial charge is 0.475 e. The van der Waals surface area contributed by atoms with Crippen molar-refractivity contribution in [3.05, 3.63) is 41.7 Å². The minimum absolute atomic E-state index is 0.0666. The Morgan fingerprint density at radius 3 is 2.11 bits per heavy atom. The zero-order valence-corrected chi connectivity index (χ0v) is 18.3. The average Bonchev–Trinajstić information content (AvgIpc) is 3.18. The third kappa shape index (κ3) is 5.51. The fourth-order valence-electron chi connectivity index (χ4n) is 2.79. The predicted molar refractivity (Wildman–Crippen MR) is 109 cm³/mol. The standard InChI is InChI=1S/C17H16F3N7O2.C2HF3O2/c1-8-3-4-9(16(29,15(22)28)17(18,19)20)5-10(8)11-6-23-14(21)13(25-11)12-7-24-26-27(12)2;3-2(4,5)1(6)7/h3-7,29H,1-2H3,(H2,21,23)(H2,22,28);(H,6,7). The molecule has 1 atom stereocenters. The highest BCUT2D eigenvalue weighted by molar-refractivity contribution is 5.86. The molecule has 3 aromatic rings. The molecule has 0 spiro atoms. The summed E-state index contributed by atoms with van der Waals surface area (Å²) in [6, 6.07) is 3.29. The lowest BCUT2D eigenvalue weighted by Crippen LogP contribution is -2.52. The first-order valence-electron chi connectivity index (χ1n) is 9.39. The second-order valence-electron chi connectivity index (χ2n) is 7.14. The summed E-state index contributed by atoms with van der Waals surface area (Å²) in [7, 11) is 1.61. The van der Waals surface area contributed by atoms with Crippen LogP contribution in [0.3, 0.4) is 0 Å². The molecule has 2 heterocycles. The van der Waals surface area contributed by atoms with Crippen LogP contribution in [-0.4, -0.2) is 59.4 Å². The number of aromatic nitrogens is 5. The number of nitrogens with zero attached hydrogens (tertiary/aromatic N) is 5. The Morgan fingerprint density at radius 2 is 1.67 bits per heavy atom. The summed E-state index contributed by atoms with van der Waals surface area (Å²) in [5, 5.41) is 24.7. The molecule has 0 aliphatic rings. The summed E-state index contributed by atoms with van der Waals surface area (Å²) in [6.45, 7) is 1.62. The maximum Gasteiger partial charge on any atom is 0.490 e. The Hall–Kier alpha value is -4.28. The number of nitrogens with two attached hydrogens (primary N) is 2. The molecule has 36 heavy (non-hydrogen) atoms. The third-order valence-electron chi connectivity index (χ3n) is 4.70. The van der Waals surface area contributed by atoms with Crippen molar-refractivity contribution in [1.82, 2.24) is 25.0 Å². The van der Waals surface area contributed by atoms with Crippen molar-refractivity contribution in [3.63, 3.8) is 0 Å². The van der Waals surface area contributed by atoms with Gasteiger partial charge in [-0.05, 0) is 18.6 Å². The molecule has 0 saturated heterocycles. The topological polar surface area (TPSA) is 183 Å². The SMILES string of the molecule is Cc1ccc(C(O)(C(N)=O)C(F)(F)F)cc1-c1cnc(N)c(-c2cnnn2C)n1.O=C(O)C(F)(F)F. The van der Waals surface area contributed by atoms with Crippen molar-refractivity contribution < 1.29 is 46.1 Å². The molecule has 1 unspecified atom stereocenters. The van der Waals surface area contributed by atoms with Gasteiger partial charge in [-0.1, -0.05) is 17.3 Å². The minimum Gasteiger partial charge on any atom is -0.475 e. The van der Waals surface area contributed by atoms with Crippen LogP contribution in [0.5, 0.6) is 0 Å². The Kier molecular flexibility index (Phi) is 7.58. The quantitative estimate of drug-likeness (QED) is 0.371. The highest BCUT2D eigenvalue weighted by Crippen LogP contribution is 2.40. The van der Waals surface area contributed by atoms with Crippen molar-refractivity contribution >= 4 is 17.7 Å². The Balaban J connectivity index is 0.000000572. The molecule has 0 bridgehead atoms. The summed E-state index contributed by atoms with van der Waals surface area (Å²) in [4.78, 5) is 28.8. The highest BCUT2D eigenvalue weighted by atomic mass is 19.4. The number of aliphatic hydroxyl groups is 1. The molecule has 194 valence electrons. The highest BCUT2D eigenvalue weighted by Gasteiger charge is 2.60. The van der Waals surface area contributed by atoms with E-state index >= 15 is 0 Å². The number of benzene rings is 1. The maximum atomic E-state index is 13.4. The van der Waals surface area contributed by atoms with Gasteiger partial charge in [0.2, 0.25) is 0 Å². The van der Waals surface area contributed by atoms with Crippen LogP contribution in [-0.2, 0) is 22.2 Å². The Morgan fingerprint density at radius 1 is 1.08 bits per heavy atom. The van der Waals surface area contributed by atoms with Crippen LogP contribution < -0.4 is 11.5 Å². The van der Waals surface area contributed by atoms with E-state index in [0.29, 0.717) is 11.3 Å². The van der Waals surface area contributed by atoms with Gasteiger partial charge in [-0.25, -0.2) is 19.4 Å². The molecule has 0 radical (unpaired) electrons. The fraction of sp³-hybridized carbons (Fsp3) is 0.263. The van der Waals surface area contributed by atoms with Crippen LogP contribution >= 0.6 is 0 Å². The van der Waals surface area contributed by atoms with Gasteiger partial charge in [0.25, 0.3) is 11.5 Å². The molecule has 1 aromatic carbocycles. The number of carboxylic acid groups (broad SMARTS) is 1. The van der Waals surface area contributed by atoms with E-state index in [-0.39, 0.29) is 22.8 Å². The number of hydrogen-bond donors (Lipinski definition) is 4. The van der Waals surface area contributed by atoms with E-state index in [2.05, 4.69) is 20.3 Å². The third-order valence-corrected chi connectivity index (χ3v) is 4.70. The first-order valence-corrected chi connectivity index (χ1v) is 9.39. The number of alkyl halides is 6. The number of carbonyl (C=O) groups excluding carboxylic acids is 1. The van der Waals surface area contributed by atoms with Crippen molar-refractivity contribution in [1.29, 1.82) is 0 Å². The Labute approximate surface area is 197 Å². The van der Waals surface area contributed by atoms with Gasteiger partial charge in [0.05, 0.1) is 18.1 Å². The number of nitrogen functional groups attached to an aromatic ring is 1. The summed E-state index contributed by atoms with van der Waals surface area (Å²) < 4.78 is 73.4. The van der Waals surface area contributed by atoms with E-state index < -0.39 is 35.4 Å². The van der Waals surface area contributed by atoms with Crippen LogP contribution in [0.4, 0.5) is 32.2 Å². The molecule has 1 amide bonds. The van der Waals surface area contributed by atoms with Crippen molar-refractivity contribution in [3.8, 4) is 22.6 Å². The Bertz CT molecular complexity index is 1290. The minimum atomic E-state index is -5.32. The van der Waals surface area contributed by atoms with Gasteiger partial charge in [-0.2, -0.15) is 26.3 Å². The summed E-state index contributed by atoms with van der Waals surface area (Å²) in [5.74, 6) is -4.63. The van der Waals surface area contributed by atoms with E-state index in [0.717, 1.165) is 12.1 Å². The number of rotatable bonds is 4. The molecule has 11 nitrogen and oxygen atoms in total. The number of amides is 1. The first-order chi connectivity index (χ1) is 16.4. The van der Waals surface area contributed by atoms with Crippen LogP contribution in [0.2, 0.25) is 0 Å². The van der Waals surface area contributed by atoms with E-state index in [1.807, 2.05) is 0 Å². The van der Waals surface area contributed by atoms with Crippen LogP contribution in [0.25, 0.3) is 22.6 Å². The zero-order chi connectivity index (χ0) is 27.6. The molecule has 2 aromatic heterocycles. The van der Waals surface area contributed by atoms with E-state index in [1.165, 1.54) is 23.1 Å². The molecule has 0 saturated carbocycles.